The smallest absolute Gasteiger partial charge is 0.224 e. The first-order valence-electron chi connectivity index (χ1n) is 6.34. The van der Waals surface area contributed by atoms with E-state index in [9.17, 15) is 26.0 Å². The molecular weight excluding hydrogens is 333 g/mol. The van der Waals surface area contributed by atoms with Crippen molar-refractivity contribution in [3.63, 3.8) is 0 Å². The minimum atomic E-state index is -4.07. The number of carbonyl (C=O) groups excluding carboxylic acids is 1. The van der Waals surface area contributed by atoms with Crippen molar-refractivity contribution in [1.82, 2.24) is 0 Å². The van der Waals surface area contributed by atoms with Gasteiger partial charge in [0.25, 0.3) is 0 Å². The van der Waals surface area contributed by atoms with Crippen LogP contribution in [0.15, 0.2) is 26.9 Å². The van der Waals surface area contributed by atoms with Gasteiger partial charge in [-0.3, -0.25) is 0 Å². The van der Waals surface area contributed by atoms with Crippen molar-refractivity contribution >= 4 is 25.8 Å². The number of nitrogens with zero attached hydrogens (tertiary/aromatic N) is 1. The maximum Gasteiger partial charge on any atom is 0.235 e. The predicted octanol–water partition coefficient (Wildman–Crippen LogP) is 1.35. The molecule has 0 aromatic heterocycles. The highest BCUT2D eigenvalue weighted by Gasteiger charge is 2.41. The lowest BCUT2D eigenvalue weighted by Gasteiger charge is -2.37. The van der Waals surface area contributed by atoms with Gasteiger partial charge in [-0.05, 0) is 37.0 Å². The van der Waals surface area contributed by atoms with E-state index in [-0.39, 0.29) is 5.56 Å². The Labute approximate surface area is 127 Å². The highest BCUT2D eigenvalue weighted by molar-refractivity contribution is 7.93. The van der Waals surface area contributed by atoms with E-state index in [0.29, 0.717) is 12.8 Å². The third kappa shape index (κ3) is 2.84. The lowest BCUT2D eigenvalue weighted by Crippen LogP contribution is -2.32. The molecule has 1 fully saturated rings. The van der Waals surface area contributed by atoms with Gasteiger partial charge in [0.1, 0.15) is 10.7 Å². The molecule has 1 aromatic rings. The Balaban J connectivity index is 2.83. The van der Waals surface area contributed by atoms with Gasteiger partial charge in [0.05, 0.1) is 10.4 Å². The lowest BCUT2D eigenvalue weighted by atomic mass is 9.72. The summed E-state index contributed by atoms with van der Waals surface area (Å²) in [6, 6.07) is 2.03. The maximum absolute atomic E-state index is 14.3. The molecule has 0 N–H and O–H groups in total. The van der Waals surface area contributed by atoms with Gasteiger partial charge < -0.3 is 0 Å². The maximum atomic E-state index is 14.3. The second-order valence-corrected chi connectivity index (χ2v) is 9.35. The second-order valence-electron chi connectivity index (χ2n) is 5.42. The molecule has 0 unspecified atom stereocenters. The van der Waals surface area contributed by atoms with Crippen LogP contribution >= 0.6 is 0 Å². The molecule has 0 aliphatic heterocycles. The van der Waals surface area contributed by atoms with Crippen LogP contribution in [0.3, 0.4) is 0 Å². The Kier molecular flexibility index (Phi) is 4.01. The highest BCUT2D eigenvalue weighted by Crippen LogP contribution is 2.46. The molecule has 1 aliphatic carbocycles. The molecule has 0 bridgehead atoms. The van der Waals surface area contributed by atoms with E-state index in [0.717, 1.165) is 31.1 Å². The van der Waals surface area contributed by atoms with Crippen LogP contribution < -0.4 is 0 Å². The van der Waals surface area contributed by atoms with Gasteiger partial charge in [-0.25, -0.2) is 26.0 Å². The molecular formula is C13H14FNO5S2. The quantitative estimate of drug-likeness (QED) is 0.605. The van der Waals surface area contributed by atoms with Gasteiger partial charge in [-0.2, -0.15) is 4.99 Å². The molecule has 22 heavy (non-hydrogen) atoms. The van der Waals surface area contributed by atoms with Crippen LogP contribution in [-0.4, -0.2) is 35.4 Å². The van der Waals surface area contributed by atoms with E-state index < -0.39 is 40.8 Å². The summed E-state index contributed by atoms with van der Waals surface area (Å²) in [7, 11) is -8.05. The first-order chi connectivity index (χ1) is 10.0. The van der Waals surface area contributed by atoms with Crippen LogP contribution in [0, 0.1) is 5.82 Å². The largest absolute Gasteiger partial charge is 0.235 e. The number of rotatable bonds is 4. The zero-order chi connectivity index (χ0) is 16.8. The summed E-state index contributed by atoms with van der Waals surface area (Å²) in [4.78, 5) is 12.8. The third-order valence-electron chi connectivity index (χ3n) is 3.76. The highest BCUT2D eigenvalue weighted by atomic mass is 32.2. The van der Waals surface area contributed by atoms with E-state index in [1.165, 1.54) is 6.08 Å². The molecule has 0 saturated heterocycles. The van der Waals surface area contributed by atoms with Crippen molar-refractivity contribution in [2.24, 2.45) is 4.99 Å². The number of sulfone groups is 2. The van der Waals surface area contributed by atoms with E-state index in [4.69, 9.17) is 0 Å². The molecule has 1 aliphatic rings. The van der Waals surface area contributed by atoms with Crippen molar-refractivity contribution < 1.29 is 26.0 Å². The fourth-order valence-electron chi connectivity index (χ4n) is 2.54. The third-order valence-corrected chi connectivity index (χ3v) is 6.16. The topological polar surface area (TPSA) is 97.7 Å². The first-order valence-corrected chi connectivity index (χ1v) is 10.1. The summed E-state index contributed by atoms with van der Waals surface area (Å²) in [5.74, 6) is -1.16. The Morgan fingerprint density at radius 2 is 1.73 bits per heavy atom. The first kappa shape index (κ1) is 16.8. The van der Waals surface area contributed by atoms with Gasteiger partial charge in [0.15, 0.2) is 19.7 Å². The average molecular weight is 347 g/mol. The summed E-state index contributed by atoms with van der Waals surface area (Å²) in [6.07, 6.45) is 4.60. The normalized spacial score (nSPS) is 17.4. The molecule has 0 spiro atoms. The molecule has 9 heteroatoms. The standard InChI is InChI=1S/C13H14FNO5S2/c1-21(17,18)11-7-9(13(15-8-16)4-3-5-13)6-10(14)12(11)22(2,19)20/h6-7H,3-5H2,1-2H3. The van der Waals surface area contributed by atoms with Crippen molar-refractivity contribution in [2.45, 2.75) is 34.6 Å². The second kappa shape index (κ2) is 5.26. The van der Waals surface area contributed by atoms with Gasteiger partial charge in [0.2, 0.25) is 6.08 Å². The van der Waals surface area contributed by atoms with Crippen LogP contribution in [0.4, 0.5) is 4.39 Å². The Bertz CT molecular complexity index is 879. The SMILES string of the molecule is CS(=O)(=O)c1cc(C2(N=C=O)CCC2)cc(F)c1S(C)(=O)=O. The summed E-state index contributed by atoms with van der Waals surface area (Å²) in [6.45, 7) is 0. The number of halogens is 1. The van der Waals surface area contributed by atoms with Crippen molar-refractivity contribution in [3.05, 3.63) is 23.5 Å². The minimum Gasteiger partial charge on any atom is -0.224 e. The molecule has 1 saturated carbocycles. The number of hydrogen-bond donors (Lipinski definition) is 0. The summed E-state index contributed by atoms with van der Waals surface area (Å²) in [5.41, 5.74) is -0.842. The van der Waals surface area contributed by atoms with Gasteiger partial charge in [0, 0.05) is 12.5 Å². The van der Waals surface area contributed by atoms with E-state index >= 15 is 0 Å². The Morgan fingerprint density at radius 3 is 2.09 bits per heavy atom. The average Bonchev–Trinajstić information content (AvgIpc) is 2.29. The molecule has 120 valence electrons. The van der Waals surface area contributed by atoms with Gasteiger partial charge >= 0.3 is 0 Å². The molecule has 6 nitrogen and oxygen atoms in total. The predicted molar refractivity (Wildman–Crippen MR) is 76.3 cm³/mol. The van der Waals surface area contributed by atoms with Gasteiger partial charge in [-0.1, -0.05) is 0 Å². The molecule has 0 radical (unpaired) electrons. The van der Waals surface area contributed by atoms with Crippen LogP contribution in [0.2, 0.25) is 0 Å². The van der Waals surface area contributed by atoms with E-state index in [1.54, 1.807) is 0 Å². The fourth-order valence-corrected chi connectivity index (χ4v) is 5.06. The number of aliphatic imine (C=N–C) groups is 1. The lowest BCUT2D eigenvalue weighted by molar-refractivity contribution is 0.254. The monoisotopic (exact) mass is 347 g/mol. The molecule has 0 atom stereocenters. The molecule has 2 rings (SSSR count). The van der Waals surface area contributed by atoms with Crippen molar-refractivity contribution in [3.8, 4) is 0 Å². The Morgan fingerprint density at radius 1 is 1.14 bits per heavy atom. The summed E-state index contributed by atoms with van der Waals surface area (Å²) in [5, 5.41) is 0. The summed E-state index contributed by atoms with van der Waals surface area (Å²) >= 11 is 0. The van der Waals surface area contributed by atoms with Gasteiger partial charge in [-0.15, -0.1) is 0 Å². The fraction of sp³-hybridized carbons (Fsp3) is 0.462. The molecule has 0 heterocycles. The van der Waals surface area contributed by atoms with E-state index in [2.05, 4.69) is 4.99 Å². The van der Waals surface area contributed by atoms with Crippen LogP contribution in [0.5, 0.6) is 0 Å². The van der Waals surface area contributed by atoms with Crippen LogP contribution in [0.1, 0.15) is 24.8 Å². The van der Waals surface area contributed by atoms with E-state index in [1.807, 2.05) is 0 Å². The zero-order valence-corrected chi connectivity index (χ0v) is 13.6. The molecule has 0 amide bonds. The van der Waals surface area contributed by atoms with Crippen LogP contribution in [-0.2, 0) is 30.0 Å². The number of hydrogen-bond acceptors (Lipinski definition) is 6. The minimum absolute atomic E-state index is 0.174. The van der Waals surface area contributed by atoms with Crippen molar-refractivity contribution in [2.75, 3.05) is 12.5 Å². The number of benzene rings is 1. The Hall–Kier alpha value is -1.57. The van der Waals surface area contributed by atoms with Crippen LogP contribution in [0.25, 0.3) is 0 Å². The summed E-state index contributed by atoms with van der Waals surface area (Å²) < 4.78 is 61.4. The zero-order valence-electron chi connectivity index (χ0n) is 12.0. The number of isocyanates is 1. The van der Waals surface area contributed by atoms with Crippen molar-refractivity contribution in [1.29, 1.82) is 0 Å². The molecule has 1 aromatic carbocycles.